The Hall–Kier alpha value is -0.730. The van der Waals surface area contributed by atoms with Crippen molar-refractivity contribution >= 4 is 0 Å². The predicted octanol–water partition coefficient (Wildman–Crippen LogP) is 7.85. The van der Waals surface area contributed by atoms with Gasteiger partial charge in [-0.1, -0.05) is 71.3 Å². The van der Waals surface area contributed by atoms with Gasteiger partial charge in [-0.05, 0) is 49.0 Å². The van der Waals surface area contributed by atoms with Crippen LogP contribution in [0.5, 0.6) is 0 Å². The minimum Gasteiger partial charge on any atom is -0.207 e. The van der Waals surface area contributed by atoms with Crippen LogP contribution in [0.15, 0.2) is 23.0 Å². The molecule has 0 radical (unpaired) electrons. The minimum absolute atomic E-state index is 0.0569. The third kappa shape index (κ3) is 6.18. The quantitative estimate of drug-likeness (QED) is 0.415. The first-order chi connectivity index (χ1) is 11.9. The summed E-state index contributed by atoms with van der Waals surface area (Å²) in [6.07, 6.45) is 9.75. The fourth-order valence-electron chi connectivity index (χ4n) is 4.50. The number of alkyl halides is 2. The first-order valence-electron chi connectivity index (χ1n) is 10.3. The van der Waals surface area contributed by atoms with Gasteiger partial charge in [-0.2, -0.15) is 0 Å². The standard InChI is InChI=1S/C22H35F3/c1-15(8-12-18-13-9-16(2)10-14-18)7-11-17(3)19-5-4-6-20(23)21(19)22(24)25/h6,15-18,22H,4-5,7-14H2,1-3H3. The molecule has 1 fully saturated rings. The Kier molecular flexibility index (Phi) is 8.09. The third-order valence-electron chi connectivity index (χ3n) is 6.45. The van der Waals surface area contributed by atoms with Gasteiger partial charge in [0.2, 0.25) is 0 Å². The van der Waals surface area contributed by atoms with E-state index in [2.05, 4.69) is 13.8 Å². The fraction of sp³-hybridized carbons (Fsp3) is 0.818. The van der Waals surface area contributed by atoms with Crippen LogP contribution in [0.2, 0.25) is 0 Å². The van der Waals surface area contributed by atoms with Crippen LogP contribution in [0.3, 0.4) is 0 Å². The van der Waals surface area contributed by atoms with E-state index in [1.165, 1.54) is 44.6 Å². The molecule has 0 amide bonds. The molecule has 2 rings (SSSR count). The van der Waals surface area contributed by atoms with Crippen molar-refractivity contribution in [2.24, 2.45) is 23.7 Å². The molecule has 0 spiro atoms. The summed E-state index contributed by atoms with van der Waals surface area (Å²) in [5, 5.41) is 0. The Morgan fingerprint density at radius 1 is 1.04 bits per heavy atom. The zero-order valence-electron chi connectivity index (χ0n) is 16.2. The Bertz CT molecular complexity index is 470. The first kappa shape index (κ1) is 20.6. The normalized spacial score (nSPS) is 27.4. The minimum atomic E-state index is -2.69. The molecule has 2 aliphatic rings. The molecular formula is C22H35F3. The lowest BCUT2D eigenvalue weighted by Crippen LogP contribution is -2.14. The van der Waals surface area contributed by atoms with Gasteiger partial charge in [0.1, 0.15) is 5.83 Å². The largest absolute Gasteiger partial charge is 0.266 e. The van der Waals surface area contributed by atoms with Crippen LogP contribution in [-0.4, -0.2) is 6.43 Å². The van der Waals surface area contributed by atoms with Crippen LogP contribution in [0.4, 0.5) is 13.2 Å². The summed E-state index contributed by atoms with van der Waals surface area (Å²) in [7, 11) is 0. The molecule has 0 heterocycles. The van der Waals surface area contributed by atoms with E-state index in [4.69, 9.17) is 0 Å². The average Bonchev–Trinajstić information content (AvgIpc) is 2.58. The molecule has 2 atom stereocenters. The maximum atomic E-state index is 13.8. The molecule has 2 unspecified atom stereocenters. The molecule has 1 saturated carbocycles. The van der Waals surface area contributed by atoms with Crippen LogP contribution < -0.4 is 0 Å². The molecular weight excluding hydrogens is 321 g/mol. The third-order valence-corrected chi connectivity index (χ3v) is 6.45. The highest BCUT2D eigenvalue weighted by Gasteiger charge is 2.27. The number of hydrogen-bond acceptors (Lipinski definition) is 0. The molecule has 2 aliphatic carbocycles. The fourth-order valence-corrected chi connectivity index (χ4v) is 4.50. The van der Waals surface area contributed by atoms with Gasteiger partial charge in [0.25, 0.3) is 6.43 Å². The van der Waals surface area contributed by atoms with E-state index in [-0.39, 0.29) is 11.5 Å². The van der Waals surface area contributed by atoms with Gasteiger partial charge >= 0.3 is 0 Å². The highest BCUT2D eigenvalue weighted by Crippen LogP contribution is 2.37. The van der Waals surface area contributed by atoms with E-state index in [9.17, 15) is 13.2 Å². The number of allylic oxidation sites excluding steroid dienone is 4. The molecule has 0 aliphatic heterocycles. The summed E-state index contributed by atoms with van der Waals surface area (Å²) < 4.78 is 40.2. The summed E-state index contributed by atoms with van der Waals surface area (Å²) in [6.45, 7) is 6.62. The lowest BCUT2D eigenvalue weighted by atomic mass is 9.79. The molecule has 25 heavy (non-hydrogen) atoms. The lowest BCUT2D eigenvalue weighted by Gasteiger charge is -2.27. The highest BCUT2D eigenvalue weighted by atomic mass is 19.3. The SMILES string of the molecule is CC1CCC(CCC(C)CCC(C)C2=C(C(F)F)C(F)=CCC2)CC1. The zero-order valence-corrected chi connectivity index (χ0v) is 16.2. The van der Waals surface area contributed by atoms with Crippen LogP contribution in [0.25, 0.3) is 0 Å². The summed E-state index contributed by atoms with van der Waals surface area (Å²) in [6, 6.07) is 0. The Morgan fingerprint density at radius 3 is 2.36 bits per heavy atom. The van der Waals surface area contributed by atoms with Gasteiger partial charge in [-0.3, -0.25) is 0 Å². The van der Waals surface area contributed by atoms with Crippen molar-refractivity contribution in [3.63, 3.8) is 0 Å². The second-order valence-corrected chi connectivity index (χ2v) is 8.62. The van der Waals surface area contributed by atoms with Crippen molar-refractivity contribution in [3.8, 4) is 0 Å². The van der Waals surface area contributed by atoms with Gasteiger partial charge in [-0.25, -0.2) is 13.2 Å². The molecule has 0 saturated heterocycles. The molecule has 0 nitrogen and oxygen atoms in total. The van der Waals surface area contributed by atoms with Crippen LogP contribution in [0.1, 0.15) is 85.0 Å². The number of rotatable bonds is 8. The average molecular weight is 357 g/mol. The maximum Gasteiger partial charge on any atom is 0.266 e. The van der Waals surface area contributed by atoms with Gasteiger partial charge in [-0.15, -0.1) is 0 Å². The predicted molar refractivity (Wildman–Crippen MR) is 99.4 cm³/mol. The number of halogens is 3. The topological polar surface area (TPSA) is 0 Å². The molecule has 0 aromatic rings. The second kappa shape index (κ2) is 9.83. The van der Waals surface area contributed by atoms with E-state index in [1.807, 2.05) is 6.92 Å². The van der Waals surface area contributed by atoms with E-state index in [0.717, 1.165) is 24.7 Å². The van der Waals surface area contributed by atoms with E-state index < -0.39 is 12.3 Å². The van der Waals surface area contributed by atoms with E-state index >= 15 is 0 Å². The monoisotopic (exact) mass is 356 g/mol. The highest BCUT2D eigenvalue weighted by molar-refractivity contribution is 5.37. The molecule has 3 heteroatoms. The van der Waals surface area contributed by atoms with Crippen molar-refractivity contribution in [1.29, 1.82) is 0 Å². The van der Waals surface area contributed by atoms with Crippen LogP contribution >= 0.6 is 0 Å². The number of hydrogen-bond donors (Lipinski definition) is 0. The molecule has 0 bridgehead atoms. The summed E-state index contributed by atoms with van der Waals surface area (Å²) in [4.78, 5) is 0. The Morgan fingerprint density at radius 2 is 1.72 bits per heavy atom. The van der Waals surface area contributed by atoms with Crippen molar-refractivity contribution in [3.05, 3.63) is 23.0 Å². The van der Waals surface area contributed by atoms with Gasteiger partial charge < -0.3 is 0 Å². The van der Waals surface area contributed by atoms with Crippen molar-refractivity contribution in [2.45, 2.75) is 91.4 Å². The maximum absolute atomic E-state index is 13.8. The first-order valence-corrected chi connectivity index (χ1v) is 10.3. The smallest absolute Gasteiger partial charge is 0.207 e. The Balaban J connectivity index is 1.77. The van der Waals surface area contributed by atoms with Crippen LogP contribution in [-0.2, 0) is 0 Å². The van der Waals surface area contributed by atoms with Gasteiger partial charge in [0.15, 0.2) is 0 Å². The lowest BCUT2D eigenvalue weighted by molar-refractivity contribution is 0.183. The van der Waals surface area contributed by atoms with E-state index in [0.29, 0.717) is 24.3 Å². The summed E-state index contributed by atoms with van der Waals surface area (Å²) in [5.74, 6) is 1.78. The molecule has 0 aromatic carbocycles. The zero-order chi connectivity index (χ0) is 18.4. The van der Waals surface area contributed by atoms with Crippen LogP contribution in [0, 0.1) is 23.7 Å². The summed E-state index contributed by atoms with van der Waals surface area (Å²) in [5.41, 5.74) is 0.339. The Labute approximate surface area is 152 Å². The van der Waals surface area contributed by atoms with Crippen molar-refractivity contribution in [1.82, 2.24) is 0 Å². The van der Waals surface area contributed by atoms with Crippen molar-refractivity contribution in [2.75, 3.05) is 0 Å². The second-order valence-electron chi connectivity index (χ2n) is 8.62. The van der Waals surface area contributed by atoms with Crippen molar-refractivity contribution < 1.29 is 13.2 Å². The molecule has 144 valence electrons. The molecule has 0 N–H and O–H groups in total. The van der Waals surface area contributed by atoms with E-state index in [1.54, 1.807) is 0 Å². The molecule has 0 aromatic heterocycles. The van der Waals surface area contributed by atoms with Gasteiger partial charge in [0, 0.05) is 0 Å². The van der Waals surface area contributed by atoms with Gasteiger partial charge in [0.05, 0.1) is 5.57 Å². The summed E-state index contributed by atoms with van der Waals surface area (Å²) >= 11 is 0.